The first kappa shape index (κ1) is 25.5. The Hall–Kier alpha value is -3.16. The van der Waals surface area contributed by atoms with Crippen LogP contribution in [0.4, 0.5) is 17.1 Å². The summed E-state index contributed by atoms with van der Waals surface area (Å²) in [6, 6.07) is 22.8. The van der Waals surface area contributed by atoms with Crippen LogP contribution in [-0.2, 0) is 14.8 Å². The minimum atomic E-state index is -3.73. The topological polar surface area (TPSA) is 79.4 Å². The van der Waals surface area contributed by atoms with Gasteiger partial charge in [-0.2, -0.15) is 0 Å². The van der Waals surface area contributed by atoms with Crippen LogP contribution < -0.4 is 9.62 Å². The van der Waals surface area contributed by atoms with E-state index in [-0.39, 0.29) is 18.8 Å². The lowest BCUT2D eigenvalue weighted by atomic mass is 10.1. The van der Waals surface area contributed by atoms with E-state index in [2.05, 4.69) is 5.32 Å². The third-order valence-electron chi connectivity index (χ3n) is 5.51. The van der Waals surface area contributed by atoms with Crippen molar-refractivity contribution in [2.75, 3.05) is 15.9 Å². The molecular weight excluding hydrogens is 470 g/mol. The number of rotatable bonds is 8. The Bertz CT molecular complexity index is 1350. The second kappa shape index (κ2) is 10.8. The van der Waals surface area contributed by atoms with Crippen molar-refractivity contribution < 1.29 is 13.2 Å². The van der Waals surface area contributed by atoms with Crippen molar-refractivity contribution >= 4 is 67.2 Å². The minimum Gasteiger partial charge on any atom is -0.354 e. The van der Waals surface area contributed by atoms with Gasteiger partial charge in [-0.3, -0.25) is 4.79 Å². The molecule has 0 aliphatic carbocycles. The van der Waals surface area contributed by atoms with E-state index in [0.717, 1.165) is 56.6 Å². The fourth-order valence-electron chi connectivity index (χ4n) is 3.95. The average molecular weight is 498 g/mol. The third kappa shape index (κ3) is 5.48. The number of carbonyl (C=O) groups excluding carboxylic acids is 1. The maximum absolute atomic E-state index is 12.7. The molecule has 0 radical (unpaired) electrons. The van der Waals surface area contributed by atoms with E-state index in [4.69, 9.17) is 4.98 Å². The first-order valence-electron chi connectivity index (χ1n) is 11.1. The SMILES string of the molecule is CCCCCC(=O)N(c1ccc(Nc2c3ccccc3nc3ccccc23)cc1)S(C)(=O)=O.Cl. The average Bonchev–Trinajstić information content (AvgIpc) is 2.79. The Balaban J connectivity index is 0.00000324. The number of aromatic nitrogens is 1. The van der Waals surface area contributed by atoms with Gasteiger partial charge in [0.2, 0.25) is 15.9 Å². The maximum atomic E-state index is 12.7. The highest BCUT2D eigenvalue weighted by atomic mass is 35.5. The zero-order valence-corrected chi connectivity index (χ0v) is 20.8. The fraction of sp³-hybridized carbons (Fsp3) is 0.231. The molecule has 1 N–H and O–H groups in total. The van der Waals surface area contributed by atoms with Crippen LogP contribution in [0.5, 0.6) is 0 Å². The highest BCUT2D eigenvalue weighted by Gasteiger charge is 2.24. The smallest absolute Gasteiger partial charge is 0.240 e. The molecule has 0 atom stereocenters. The van der Waals surface area contributed by atoms with Gasteiger partial charge >= 0.3 is 0 Å². The second-order valence-corrected chi connectivity index (χ2v) is 9.90. The largest absolute Gasteiger partial charge is 0.354 e. The molecule has 6 nitrogen and oxygen atoms in total. The third-order valence-corrected chi connectivity index (χ3v) is 6.59. The van der Waals surface area contributed by atoms with Crippen molar-refractivity contribution in [1.29, 1.82) is 0 Å². The normalized spacial score (nSPS) is 11.2. The van der Waals surface area contributed by atoms with Crippen molar-refractivity contribution in [3.63, 3.8) is 0 Å². The molecule has 1 amide bonds. The number of nitrogens with zero attached hydrogens (tertiary/aromatic N) is 2. The summed E-state index contributed by atoms with van der Waals surface area (Å²) in [4.78, 5) is 17.4. The fourth-order valence-corrected chi connectivity index (χ4v) is 4.91. The number of benzene rings is 3. The Morgan fingerprint density at radius 2 is 1.44 bits per heavy atom. The number of pyridine rings is 1. The van der Waals surface area contributed by atoms with Crippen LogP contribution in [0.2, 0.25) is 0 Å². The number of unbranched alkanes of at least 4 members (excludes halogenated alkanes) is 2. The molecule has 178 valence electrons. The lowest BCUT2D eigenvalue weighted by Crippen LogP contribution is -2.36. The molecule has 8 heteroatoms. The minimum absolute atomic E-state index is 0. The number of anilines is 3. The van der Waals surface area contributed by atoms with Gasteiger partial charge in [-0.1, -0.05) is 56.2 Å². The summed E-state index contributed by atoms with van der Waals surface area (Å²) >= 11 is 0. The standard InChI is InChI=1S/C26H27N3O3S.ClH/c1-3-4-5-14-25(30)29(33(2,31)32)20-17-15-19(16-18-20)27-26-21-10-6-8-12-23(21)28-24-13-9-7-11-22(24)26;/h6-13,15-18H,3-5,14H2,1-2H3,(H,27,28);1H. The van der Waals surface area contributed by atoms with Gasteiger partial charge in [0.1, 0.15) is 0 Å². The van der Waals surface area contributed by atoms with Crippen molar-refractivity contribution in [3.8, 4) is 0 Å². The molecule has 4 rings (SSSR count). The van der Waals surface area contributed by atoms with Gasteiger partial charge in [-0.05, 0) is 42.8 Å². The molecule has 1 aromatic heterocycles. The quantitative estimate of drug-likeness (QED) is 0.224. The van der Waals surface area contributed by atoms with Gasteiger partial charge < -0.3 is 5.32 Å². The van der Waals surface area contributed by atoms with Gasteiger partial charge in [-0.25, -0.2) is 17.7 Å². The van der Waals surface area contributed by atoms with Crippen LogP contribution in [0, 0.1) is 0 Å². The number of fused-ring (bicyclic) bond motifs is 2. The Morgan fingerprint density at radius 1 is 0.882 bits per heavy atom. The van der Waals surface area contributed by atoms with E-state index < -0.39 is 15.9 Å². The van der Waals surface area contributed by atoms with Crippen molar-refractivity contribution in [2.45, 2.75) is 32.6 Å². The summed E-state index contributed by atoms with van der Waals surface area (Å²) in [5.41, 5.74) is 3.83. The van der Waals surface area contributed by atoms with Crippen LogP contribution in [0.15, 0.2) is 72.8 Å². The van der Waals surface area contributed by atoms with E-state index in [1.165, 1.54) is 0 Å². The van der Waals surface area contributed by atoms with E-state index in [1.807, 2.05) is 55.5 Å². The van der Waals surface area contributed by atoms with Crippen LogP contribution in [0.1, 0.15) is 32.6 Å². The molecular formula is C26H28ClN3O3S. The van der Waals surface area contributed by atoms with Gasteiger partial charge in [0.25, 0.3) is 0 Å². The molecule has 1 heterocycles. The number of nitrogens with one attached hydrogen (secondary N) is 1. The van der Waals surface area contributed by atoms with Crippen LogP contribution in [0.25, 0.3) is 21.8 Å². The monoisotopic (exact) mass is 497 g/mol. The molecule has 0 aliphatic rings. The van der Waals surface area contributed by atoms with Crippen LogP contribution >= 0.6 is 12.4 Å². The molecule has 0 saturated heterocycles. The molecule has 0 spiro atoms. The summed E-state index contributed by atoms with van der Waals surface area (Å²) in [5.74, 6) is -0.405. The number of para-hydroxylation sites is 2. The Kier molecular flexibility index (Phi) is 8.12. The summed E-state index contributed by atoms with van der Waals surface area (Å²) in [6.45, 7) is 2.04. The number of carbonyl (C=O) groups is 1. The Labute approximate surface area is 206 Å². The summed E-state index contributed by atoms with van der Waals surface area (Å²) < 4.78 is 25.6. The van der Waals surface area contributed by atoms with Gasteiger partial charge in [0.15, 0.2) is 0 Å². The van der Waals surface area contributed by atoms with Gasteiger partial charge in [0, 0.05) is 22.9 Å². The van der Waals surface area contributed by atoms with E-state index in [1.54, 1.807) is 24.3 Å². The van der Waals surface area contributed by atoms with Crippen molar-refractivity contribution in [3.05, 3.63) is 72.8 Å². The highest BCUT2D eigenvalue weighted by molar-refractivity contribution is 7.92. The van der Waals surface area contributed by atoms with Crippen LogP contribution in [0.3, 0.4) is 0 Å². The summed E-state index contributed by atoms with van der Waals surface area (Å²) in [7, 11) is -3.73. The van der Waals surface area contributed by atoms with Crippen molar-refractivity contribution in [2.24, 2.45) is 0 Å². The lowest BCUT2D eigenvalue weighted by Gasteiger charge is -2.21. The number of halogens is 1. The lowest BCUT2D eigenvalue weighted by molar-refractivity contribution is -0.117. The number of hydrogen-bond acceptors (Lipinski definition) is 5. The number of hydrogen-bond donors (Lipinski definition) is 1. The van der Waals surface area contributed by atoms with Crippen LogP contribution in [-0.4, -0.2) is 25.6 Å². The maximum Gasteiger partial charge on any atom is 0.240 e. The molecule has 4 aromatic rings. The van der Waals surface area contributed by atoms with E-state index >= 15 is 0 Å². The van der Waals surface area contributed by atoms with E-state index in [9.17, 15) is 13.2 Å². The molecule has 0 saturated carbocycles. The molecule has 0 aliphatic heterocycles. The van der Waals surface area contributed by atoms with Gasteiger partial charge in [0.05, 0.1) is 28.7 Å². The van der Waals surface area contributed by atoms with Crippen molar-refractivity contribution in [1.82, 2.24) is 4.98 Å². The molecule has 0 unspecified atom stereocenters. The summed E-state index contributed by atoms with van der Waals surface area (Å²) in [5, 5.41) is 5.45. The zero-order chi connectivity index (χ0) is 23.4. The molecule has 34 heavy (non-hydrogen) atoms. The summed E-state index contributed by atoms with van der Waals surface area (Å²) in [6.07, 6.45) is 3.79. The first-order chi connectivity index (χ1) is 15.9. The molecule has 0 fully saturated rings. The predicted molar refractivity (Wildman–Crippen MR) is 143 cm³/mol. The predicted octanol–water partition coefficient (Wildman–Crippen LogP) is 6.43. The Morgan fingerprint density at radius 3 is 1.97 bits per heavy atom. The number of sulfonamides is 1. The van der Waals surface area contributed by atoms with Gasteiger partial charge in [-0.15, -0.1) is 12.4 Å². The van der Waals surface area contributed by atoms with E-state index in [0.29, 0.717) is 12.1 Å². The molecule has 0 bridgehead atoms. The highest BCUT2D eigenvalue weighted by Crippen LogP contribution is 2.33. The zero-order valence-electron chi connectivity index (χ0n) is 19.2. The molecule has 3 aromatic carbocycles. The second-order valence-electron chi connectivity index (χ2n) is 8.07. The first-order valence-corrected chi connectivity index (χ1v) is 12.9. The number of amides is 1.